The Balaban J connectivity index is 1.96. The summed E-state index contributed by atoms with van der Waals surface area (Å²) in [4.78, 5) is 11.2. The van der Waals surface area contributed by atoms with Crippen molar-refractivity contribution in [3.8, 4) is 0 Å². The van der Waals surface area contributed by atoms with Gasteiger partial charge in [-0.05, 0) is 42.0 Å². The van der Waals surface area contributed by atoms with Crippen LogP contribution in [-0.2, 0) is 6.54 Å². The number of urea groups is 1. The number of carbonyl (C=O) groups excluding carboxylic acids is 1. The molecule has 2 rings (SSSR count). The Kier molecular flexibility index (Phi) is 5.47. The minimum Gasteiger partial charge on any atom is -0.381 e. The summed E-state index contributed by atoms with van der Waals surface area (Å²) >= 11 is 9.40. The molecule has 0 bridgehead atoms. The van der Waals surface area contributed by atoms with E-state index in [9.17, 15) is 4.79 Å². The molecule has 0 aromatic heterocycles. The number of hydrogen-bond acceptors (Lipinski definition) is 2. The first-order valence-corrected chi connectivity index (χ1v) is 7.52. The summed E-state index contributed by atoms with van der Waals surface area (Å²) < 4.78 is 0.973. The van der Waals surface area contributed by atoms with E-state index in [4.69, 9.17) is 11.6 Å². The number of amides is 2. The van der Waals surface area contributed by atoms with Crippen LogP contribution >= 0.6 is 27.5 Å². The molecule has 0 saturated carbocycles. The molecule has 0 saturated heterocycles. The van der Waals surface area contributed by atoms with Crippen LogP contribution in [0, 0.1) is 0 Å². The molecule has 0 unspecified atom stereocenters. The summed E-state index contributed by atoms with van der Waals surface area (Å²) in [6.07, 6.45) is 0. The second-order valence-electron chi connectivity index (χ2n) is 4.37. The largest absolute Gasteiger partial charge is 0.381 e. The van der Waals surface area contributed by atoms with Crippen molar-refractivity contribution in [2.75, 3.05) is 17.7 Å². The van der Waals surface area contributed by atoms with Gasteiger partial charge in [0, 0.05) is 34.5 Å². The quantitative estimate of drug-likeness (QED) is 0.746. The van der Waals surface area contributed by atoms with Crippen molar-refractivity contribution in [1.29, 1.82) is 0 Å². The van der Waals surface area contributed by atoms with Gasteiger partial charge in [-0.3, -0.25) is 0 Å². The SMILES string of the molecule is CNC(=O)Nc1ccc(NCc2ccc(Cl)cc2Br)cc1. The van der Waals surface area contributed by atoms with Gasteiger partial charge in [-0.2, -0.15) is 0 Å². The van der Waals surface area contributed by atoms with Gasteiger partial charge in [-0.15, -0.1) is 0 Å². The molecule has 2 aromatic carbocycles. The molecule has 0 heterocycles. The molecule has 0 spiro atoms. The van der Waals surface area contributed by atoms with Gasteiger partial charge in [0.15, 0.2) is 0 Å². The van der Waals surface area contributed by atoms with Gasteiger partial charge in [0.05, 0.1) is 0 Å². The Labute approximate surface area is 137 Å². The van der Waals surface area contributed by atoms with E-state index < -0.39 is 0 Å². The van der Waals surface area contributed by atoms with E-state index >= 15 is 0 Å². The van der Waals surface area contributed by atoms with Crippen LogP contribution in [0.1, 0.15) is 5.56 Å². The maximum absolute atomic E-state index is 11.2. The zero-order valence-corrected chi connectivity index (χ0v) is 13.8. The van der Waals surface area contributed by atoms with Gasteiger partial charge in [-0.1, -0.05) is 33.6 Å². The highest BCUT2D eigenvalue weighted by molar-refractivity contribution is 9.10. The topological polar surface area (TPSA) is 53.2 Å². The molecular formula is C15H15BrClN3O. The van der Waals surface area contributed by atoms with Gasteiger partial charge in [0.2, 0.25) is 0 Å². The molecule has 6 heteroatoms. The van der Waals surface area contributed by atoms with Crippen molar-refractivity contribution >= 4 is 44.9 Å². The van der Waals surface area contributed by atoms with Crippen molar-refractivity contribution in [2.24, 2.45) is 0 Å². The number of anilines is 2. The van der Waals surface area contributed by atoms with E-state index in [0.29, 0.717) is 11.6 Å². The molecule has 4 nitrogen and oxygen atoms in total. The van der Waals surface area contributed by atoms with Crippen molar-refractivity contribution in [2.45, 2.75) is 6.54 Å². The number of carbonyl (C=O) groups is 1. The monoisotopic (exact) mass is 367 g/mol. The fraction of sp³-hybridized carbons (Fsp3) is 0.133. The molecular weight excluding hydrogens is 354 g/mol. The smallest absolute Gasteiger partial charge is 0.318 e. The van der Waals surface area contributed by atoms with E-state index in [1.165, 1.54) is 0 Å². The molecule has 2 amide bonds. The standard InChI is InChI=1S/C15H15BrClN3O/c1-18-15(21)20-13-6-4-12(5-7-13)19-9-10-2-3-11(17)8-14(10)16/h2-8,19H,9H2,1H3,(H2,18,20,21). The molecule has 0 aliphatic carbocycles. The maximum Gasteiger partial charge on any atom is 0.318 e. The summed E-state index contributed by atoms with van der Waals surface area (Å²) in [7, 11) is 1.58. The van der Waals surface area contributed by atoms with Crippen LogP contribution < -0.4 is 16.0 Å². The van der Waals surface area contributed by atoms with Gasteiger partial charge in [-0.25, -0.2) is 4.79 Å². The first-order valence-electron chi connectivity index (χ1n) is 6.35. The van der Waals surface area contributed by atoms with Gasteiger partial charge >= 0.3 is 6.03 Å². The van der Waals surface area contributed by atoms with Crippen LogP contribution in [0.15, 0.2) is 46.9 Å². The number of benzene rings is 2. The van der Waals surface area contributed by atoms with Crippen LogP contribution in [0.25, 0.3) is 0 Å². The average Bonchev–Trinajstić information content (AvgIpc) is 2.48. The first-order chi connectivity index (χ1) is 10.1. The summed E-state index contributed by atoms with van der Waals surface area (Å²) in [6, 6.07) is 13.0. The first kappa shape index (κ1) is 15.7. The molecule has 3 N–H and O–H groups in total. The van der Waals surface area contributed by atoms with Crippen LogP contribution in [0.3, 0.4) is 0 Å². The lowest BCUT2D eigenvalue weighted by molar-refractivity contribution is 0.254. The van der Waals surface area contributed by atoms with Crippen molar-refractivity contribution in [1.82, 2.24) is 5.32 Å². The fourth-order valence-electron chi connectivity index (χ4n) is 1.73. The molecule has 110 valence electrons. The van der Waals surface area contributed by atoms with Crippen molar-refractivity contribution in [3.63, 3.8) is 0 Å². The molecule has 0 fully saturated rings. The molecule has 0 aliphatic rings. The Morgan fingerprint density at radius 1 is 1.14 bits per heavy atom. The van der Waals surface area contributed by atoms with Crippen LogP contribution in [0.5, 0.6) is 0 Å². The predicted octanol–water partition coefficient (Wildman–Crippen LogP) is 4.47. The Hall–Kier alpha value is -1.72. The third-order valence-electron chi connectivity index (χ3n) is 2.87. The third-order valence-corrected chi connectivity index (χ3v) is 3.84. The van der Waals surface area contributed by atoms with E-state index in [1.54, 1.807) is 7.05 Å². The summed E-state index contributed by atoms with van der Waals surface area (Å²) in [5.41, 5.74) is 2.83. The number of halogens is 2. The minimum atomic E-state index is -0.235. The second-order valence-corrected chi connectivity index (χ2v) is 5.66. The molecule has 2 aromatic rings. The zero-order chi connectivity index (χ0) is 15.2. The van der Waals surface area contributed by atoms with Crippen molar-refractivity contribution in [3.05, 3.63) is 57.5 Å². The minimum absolute atomic E-state index is 0.235. The van der Waals surface area contributed by atoms with Gasteiger partial charge in [0.25, 0.3) is 0 Å². The average molecular weight is 369 g/mol. The predicted molar refractivity (Wildman–Crippen MR) is 91.0 cm³/mol. The Morgan fingerprint density at radius 2 is 1.81 bits per heavy atom. The number of rotatable bonds is 4. The highest BCUT2D eigenvalue weighted by Gasteiger charge is 2.02. The van der Waals surface area contributed by atoms with E-state index in [0.717, 1.165) is 21.4 Å². The van der Waals surface area contributed by atoms with Crippen molar-refractivity contribution < 1.29 is 4.79 Å². The summed E-state index contributed by atoms with van der Waals surface area (Å²) in [5, 5.41) is 9.23. The zero-order valence-electron chi connectivity index (χ0n) is 11.4. The molecule has 0 radical (unpaired) electrons. The summed E-state index contributed by atoms with van der Waals surface area (Å²) in [5.74, 6) is 0. The van der Waals surface area contributed by atoms with E-state index in [2.05, 4.69) is 31.9 Å². The van der Waals surface area contributed by atoms with Gasteiger partial charge < -0.3 is 16.0 Å². The van der Waals surface area contributed by atoms with Crippen LogP contribution in [-0.4, -0.2) is 13.1 Å². The Morgan fingerprint density at radius 3 is 2.43 bits per heavy atom. The lowest BCUT2D eigenvalue weighted by atomic mass is 10.2. The third kappa shape index (κ3) is 4.65. The lowest BCUT2D eigenvalue weighted by Gasteiger charge is -2.10. The molecule has 21 heavy (non-hydrogen) atoms. The number of nitrogens with one attached hydrogen (secondary N) is 3. The van der Waals surface area contributed by atoms with E-state index in [1.807, 2.05) is 42.5 Å². The highest BCUT2D eigenvalue weighted by Crippen LogP contribution is 2.23. The molecule has 0 aliphatic heterocycles. The number of hydrogen-bond donors (Lipinski definition) is 3. The van der Waals surface area contributed by atoms with Crippen LogP contribution in [0.4, 0.5) is 16.2 Å². The lowest BCUT2D eigenvalue weighted by Crippen LogP contribution is -2.24. The highest BCUT2D eigenvalue weighted by atomic mass is 79.9. The normalized spacial score (nSPS) is 10.0. The van der Waals surface area contributed by atoms with Crippen LogP contribution in [0.2, 0.25) is 5.02 Å². The molecule has 0 atom stereocenters. The van der Waals surface area contributed by atoms with E-state index in [-0.39, 0.29) is 6.03 Å². The fourth-order valence-corrected chi connectivity index (χ4v) is 2.55. The Bertz CT molecular complexity index is 631. The summed E-state index contributed by atoms with van der Waals surface area (Å²) in [6.45, 7) is 0.681. The van der Waals surface area contributed by atoms with Gasteiger partial charge in [0.1, 0.15) is 0 Å². The second kappa shape index (κ2) is 7.33. The maximum atomic E-state index is 11.2.